The molecular weight excluding hydrogens is 466 g/mol. The first-order valence-corrected chi connectivity index (χ1v) is 11.9. The fraction of sp³-hybridized carbons (Fsp3) is 0.167. The Morgan fingerprint density at radius 1 is 1.11 bits per heavy atom. The Morgan fingerprint density at radius 2 is 1.94 bits per heavy atom. The van der Waals surface area contributed by atoms with E-state index in [2.05, 4.69) is 37.4 Å². The number of amides is 1. The van der Waals surface area contributed by atoms with Crippen LogP contribution in [0.3, 0.4) is 0 Å². The number of nitrogens with zero attached hydrogens (tertiary/aromatic N) is 5. The van der Waals surface area contributed by atoms with Crippen molar-refractivity contribution in [3.05, 3.63) is 60.4 Å². The first-order valence-electron chi connectivity index (χ1n) is 11.0. The molecule has 6 rings (SSSR count). The number of fused-ring (bicyclic) bond motifs is 2. The molecule has 11 heteroatoms. The smallest absolute Gasteiger partial charge is 0.409 e. The number of ether oxygens (including phenoxy) is 2. The summed E-state index contributed by atoms with van der Waals surface area (Å²) < 4.78 is 13.2. The maximum absolute atomic E-state index is 11.3. The molecule has 0 spiro atoms. The van der Waals surface area contributed by atoms with Crippen LogP contribution in [0.5, 0.6) is 5.75 Å². The lowest BCUT2D eigenvalue weighted by atomic mass is 10.1. The maximum atomic E-state index is 11.3. The van der Waals surface area contributed by atoms with Crippen molar-refractivity contribution < 1.29 is 14.3 Å². The molecule has 0 radical (unpaired) electrons. The molecular formula is C24H21N7O3S. The van der Waals surface area contributed by atoms with Crippen LogP contribution in [0.25, 0.3) is 27.0 Å². The summed E-state index contributed by atoms with van der Waals surface area (Å²) >= 11 is 1.46. The van der Waals surface area contributed by atoms with E-state index in [9.17, 15) is 4.79 Å². The van der Waals surface area contributed by atoms with Gasteiger partial charge in [-0.25, -0.2) is 19.3 Å². The van der Waals surface area contributed by atoms with Crippen molar-refractivity contribution >= 4 is 50.4 Å². The van der Waals surface area contributed by atoms with Gasteiger partial charge >= 0.3 is 6.09 Å². The highest BCUT2D eigenvalue weighted by molar-refractivity contribution is 7.18. The fourth-order valence-corrected chi connectivity index (χ4v) is 5.24. The maximum Gasteiger partial charge on any atom is 0.410 e. The van der Waals surface area contributed by atoms with Crippen LogP contribution < -0.4 is 20.7 Å². The number of nitrogens with two attached hydrogens (primary N) is 1. The number of anilines is 3. The SMILES string of the molecule is NC(=O)Oc1cccc2c(-c3cnc(Nc4ccc(N5CCOCC5)cc4)c4ncnn34)csc12. The minimum atomic E-state index is -0.846. The van der Waals surface area contributed by atoms with E-state index in [1.807, 2.05) is 29.6 Å². The van der Waals surface area contributed by atoms with Crippen molar-refractivity contribution in [3.8, 4) is 17.0 Å². The van der Waals surface area contributed by atoms with Gasteiger partial charge in [0, 0.05) is 40.8 Å². The molecule has 0 saturated carbocycles. The Morgan fingerprint density at radius 3 is 2.74 bits per heavy atom. The van der Waals surface area contributed by atoms with Crippen LogP contribution in [0.4, 0.5) is 22.0 Å². The van der Waals surface area contributed by atoms with Crippen LogP contribution in [0.15, 0.2) is 60.4 Å². The predicted octanol–water partition coefficient (Wildman–Crippen LogP) is 4.04. The lowest BCUT2D eigenvalue weighted by Crippen LogP contribution is -2.36. The second-order valence-electron chi connectivity index (χ2n) is 7.96. The topological polar surface area (TPSA) is 120 Å². The first-order chi connectivity index (χ1) is 17.2. The standard InChI is InChI=1S/C24H21N7O3S/c25-24(32)34-20-3-1-2-17-18(13-35-21(17)20)19-12-26-22(23-27-14-28-31(19)23)29-15-4-6-16(7-5-15)30-8-10-33-11-9-30/h1-7,12-14H,8-11H2,(H2,25,32)(H,26,29). The normalized spacial score (nSPS) is 13.9. The van der Waals surface area contributed by atoms with Crippen LogP contribution in [0.1, 0.15) is 0 Å². The molecule has 176 valence electrons. The number of nitrogens with one attached hydrogen (secondary N) is 1. The molecule has 4 heterocycles. The zero-order valence-electron chi connectivity index (χ0n) is 18.5. The van der Waals surface area contributed by atoms with Crippen molar-refractivity contribution in [3.63, 3.8) is 0 Å². The summed E-state index contributed by atoms with van der Waals surface area (Å²) in [6, 6.07) is 13.7. The monoisotopic (exact) mass is 487 g/mol. The number of rotatable bonds is 5. The summed E-state index contributed by atoms with van der Waals surface area (Å²) in [4.78, 5) is 22.7. The van der Waals surface area contributed by atoms with Gasteiger partial charge in [-0.05, 0) is 30.3 Å². The summed E-state index contributed by atoms with van der Waals surface area (Å²) in [5, 5.41) is 10.7. The zero-order valence-corrected chi connectivity index (χ0v) is 19.4. The van der Waals surface area contributed by atoms with Crippen molar-refractivity contribution in [2.45, 2.75) is 0 Å². The highest BCUT2D eigenvalue weighted by Crippen LogP contribution is 2.39. The van der Waals surface area contributed by atoms with Gasteiger partial charge < -0.3 is 25.4 Å². The van der Waals surface area contributed by atoms with Crippen LogP contribution in [0.2, 0.25) is 0 Å². The number of hydrogen-bond donors (Lipinski definition) is 2. The Balaban J connectivity index is 1.32. The third-order valence-corrected chi connectivity index (χ3v) is 6.87. The molecule has 5 aromatic rings. The lowest BCUT2D eigenvalue weighted by Gasteiger charge is -2.28. The molecule has 3 aromatic heterocycles. The molecule has 2 aromatic carbocycles. The van der Waals surface area contributed by atoms with Gasteiger partial charge in [0.2, 0.25) is 0 Å². The van der Waals surface area contributed by atoms with Crippen molar-refractivity contribution in [2.24, 2.45) is 5.73 Å². The van der Waals surface area contributed by atoms with Crippen LogP contribution >= 0.6 is 11.3 Å². The van der Waals surface area contributed by atoms with Gasteiger partial charge in [0.25, 0.3) is 0 Å². The molecule has 0 bridgehead atoms. The van der Waals surface area contributed by atoms with Crippen LogP contribution in [-0.2, 0) is 4.74 Å². The van der Waals surface area contributed by atoms with Crippen molar-refractivity contribution in [1.82, 2.24) is 19.6 Å². The highest BCUT2D eigenvalue weighted by atomic mass is 32.1. The predicted molar refractivity (Wildman–Crippen MR) is 135 cm³/mol. The molecule has 1 amide bonds. The van der Waals surface area contributed by atoms with E-state index < -0.39 is 6.09 Å². The first kappa shape index (κ1) is 21.3. The Bertz CT molecular complexity index is 1520. The largest absolute Gasteiger partial charge is 0.410 e. The molecule has 35 heavy (non-hydrogen) atoms. The summed E-state index contributed by atoms with van der Waals surface area (Å²) in [6.07, 6.45) is 2.42. The van der Waals surface area contributed by atoms with Gasteiger partial charge in [0.15, 0.2) is 17.2 Å². The zero-order chi connectivity index (χ0) is 23.8. The number of primary amides is 1. The van der Waals surface area contributed by atoms with Gasteiger partial charge in [-0.2, -0.15) is 5.10 Å². The number of carbonyl (C=O) groups is 1. The second kappa shape index (κ2) is 8.85. The van der Waals surface area contributed by atoms with Crippen molar-refractivity contribution in [2.75, 3.05) is 36.5 Å². The lowest BCUT2D eigenvalue weighted by molar-refractivity contribution is 0.122. The summed E-state index contributed by atoms with van der Waals surface area (Å²) in [7, 11) is 0. The van der Waals surface area contributed by atoms with E-state index in [0.717, 1.165) is 53.3 Å². The van der Waals surface area contributed by atoms with Gasteiger partial charge in [0.05, 0.1) is 29.8 Å². The number of thiophene rings is 1. The van der Waals surface area contributed by atoms with Gasteiger partial charge in [-0.3, -0.25) is 0 Å². The van der Waals surface area contributed by atoms with E-state index in [0.29, 0.717) is 17.2 Å². The molecule has 1 aliphatic rings. The molecule has 0 unspecified atom stereocenters. The average Bonchev–Trinajstić information content (AvgIpc) is 3.54. The highest BCUT2D eigenvalue weighted by Gasteiger charge is 2.17. The number of morpholine rings is 1. The van der Waals surface area contributed by atoms with Crippen LogP contribution in [0, 0.1) is 0 Å². The summed E-state index contributed by atoms with van der Waals surface area (Å²) in [5.41, 5.74) is 9.57. The molecule has 0 aliphatic carbocycles. The second-order valence-corrected chi connectivity index (χ2v) is 8.84. The molecule has 0 atom stereocenters. The van der Waals surface area contributed by atoms with Gasteiger partial charge in [-0.1, -0.05) is 12.1 Å². The Labute approximate surface area is 203 Å². The van der Waals surface area contributed by atoms with E-state index >= 15 is 0 Å². The van der Waals surface area contributed by atoms with Crippen molar-refractivity contribution in [1.29, 1.82) is 0 Å². The molecule has 1 fully saturated rings. The summed E-state index contributed by atoms with van der Waals surface area (Å²) in [6.45, 7) is 3.28. The van der Waals surface area contributed by atoms with Crippen LogP contribution in [-0.4, -0.2) is 52.0 Å². The quantitative estimate of drug-likeness (QED) is 0.381. The third-order valence-electron chi connectivity index (χ3n) is 5.86. The third kappa shape index (κ3) is 4.00. The average molecular weight is 488 g/mol. The molecule has 1 saturated heterocycles. The Hall–Kier alpha value is -4.22. The minimum absolute atomic E-state index is 0.424. The number of carbonyl (C=O) groups excluding carboxylic acids is 1. The molecule has 10 nitrogen and oxygen atoms in total. The van der Waals surface area contributed by atoms with E-state index in [-0.39, 0.29) is 0 Å². The molecule has 3 N–H and O–H groups in total. The van der Waals surface area contributed by atoms with E-state index in [1.54, 1.807) is 16.8 Å². The number of benzene rings is 2. The van der Waals surface area contributed by atoms with E-state index in [1.165, 1.54) is 23.4 Å². The molecule has 1 aliphatic heterocycles. The fourth-order valence-electron chi connectivity index (χ4n) is 4.22. The summed E-state index contributed by atoms with van der Waals surface area (Å²) in [5.74, 6) is 1.02. The van der Waals surface area contributed by atoms with Gasteiger partial charge in [0.1, 0.15) is 6.33 Å². The Kier molecular flexibility index (Phi) is 5.39. The number of aromatic nitrogens is 4. The van der Waals surface area contributed by atoms with Gasteiger partial charge in [-0.15, -0.1) is 11.3 Å². The van der Waals surface area contributed by atoms with E-state index in [4.69, 9.17) is 15.2 Å². The number of hydrogen-bond acceptors (Lipinski definition) is 9. The minimum Gasteiger partial charge on any atom is -0.409 e.